The molecule has 3 fully saturated rings. The molecule has 1 aliphatic heterocycles. The molecule has 2 aliphatic carbocycles. The van der Waals surface area contributed by atoms with Gasteiger partial charge in [0.05, 0.1) is 10.3 Å². The van der Waals surface area contributed by atoms with Gasteiger partial charge in [-0.05, 0) is 65.6 Å². The van der Waals surface area contributed by atoms with Crippen LogP contribution in [0.3, 0.4) is 0 Å². The van der Waals surface area contributed by atoms with Crippen molar-refractivity contribution in [3.05, 3.63) is 20.8 Å². The van der Waals surface area contributed by atoms with Crippen molar-refractivity contribution < 1.29 is 9.59 Å². The van der Waals surface area contributed by atoms with Gasteiger partial charge in [0, 0.05) is 4.88 Å². The summed E-state index contributed by atoms with van der Waals surface area (Å²) in [4.78, 5) is 28.2. The molecule has 112 valence electrons. The van der Waals surface area contributed by atoms with Gasteiger partial charge in [0.1, 0.15) is 12.1 Å². The number of carbonyl (C=O) groups excluding carboxylic acids is 2. The zero-order chi connectivity index (χ0) is 14.6. The summed E-state index contributed by atoms with van der Waals surface area (Å²) in [7, 11) is 0. The highest BCUT2D eigenvalue weighted by Gasteiger charge is 2.51. The smallest absolute Gasteiger partial charge is 0.246 e. The third-order valence-corrected chi connectivity index (χ3v) is 6.18. The summed E-state index contributed by atoms with van der Waals surface area (Å²) in [5.74, 6) is 0.903. The van der Waals surface area contributed by atoms with Crippen LogP contribution in [0.15, 0.2) is 15.9 Å². The van der Waals surface area contributed by atoms with Crippen LogP contribution in [0.5, 0.6) is 0 Å². The second kappa shape index (κ2) is 5.09. The molecule has 0 aromatic carbocycles. The van der Waals surface area contributed by atoms with Gasteiger partial charge in [-0.15, -0.1) is 11.3 Å². The highest BCUT2D eigenvalue weighted by Crippen LogP contribution is 2.41. The van der Waals surface area contributed by atoms with Crippen LogP contribution in [0, 0.1) is 11.8 Å². The fourth-order valence-electron chi connectivity index (χ4n) is 3.17. The lowest BCUT2D eigenvalue weighted by Crippen LogP contribution is -2.64. The van der Waals surface area contributed by atoms with E-state index in [0.717, 1.165) is 34.3 Å². The van der Waals surface area contributed by atoms with Gasteiger partial charge in [0.2, 0.25) is 11.8 Å². The molecule has 1 aromatic rings. The zero-order valence-corrected chi connectivity index (χ0v) is 14.0. The van der Waals surface area contributed by atoms with E-state index in [0.29, 0.717) is 18.4 Å². The number of carbonyl (C=O) groups is 2. The quantitative estimate of drug-likeness (QED) is 0.887. The van der Waals surface area contributed by atoms with Crippen LogP contribution < -0.4 is 5.32 Å². The summed E-state index contributed by atoms with van der Waals surface area (Å²) >= 11 is 5.10. The number of hydrogen-bond acceptors (Lipinski definition) is 3. The van der Waals surface area contributed by atoms with Crippen LogP contribution >= 0.6 is 27.3 Å². The third kappa shape index (κ3) is 2.63. The molecule has 1 aromatic heterocycles. The van der Waals surface area contributed by atoms with Gasteiger partial charge in [-0.2, -0.15) is 0 Å². The number of thiophene rings is 1. The number of piperazine rings is 1. The van der Waals surface area contributed by atoms with E-state index in [1.807, 2.05) is 17.0 Å². The van der Waals surface area contributed by atoms with Crippen LogP contribution in [0.1, 0.15) is 30.6 Å². The molecule has 3 aliphatic rings. The van der Waals surface area contributed by atoms with Crippen molar-refractivity contribution in [2.24, 2.45) is 11.8 Å². The number of nitrogens with one attached hydrogen (secondary N) is 1. The molecule has 1 N–H and O–H groups in total. The van der Waals surface area contributed by atoms with Crippen LogP contribution in [0.4, 0.5) is 0 Å². The molecule has 2 heterocycles. The van der Waals surface area contributed by atoms with Crippen LogP contribution in [0.2, 0.25) is 0 Å². The predicted octanol–water partition coefficient (Wildman–Crippen LogP) is 2.53. The Balaban J connectivity index is 1.60. The topological polar surface area (TPSA) is 49.4 Å². The Morgan fingerprint density at radius 1 is 1.19 bits per heavy atom. The average Bonchev–Trinajstić information content (AvgIpc) is 3.33. The maximum absolute atomic E-state index is 12.8. The van der Waals surface area contributed by atoms with E-state index in [1.54, 1.807) is 11.3 Å². The van der Waals surface area contributed by atoms with Gasteiger partial charge < -0.3 is 10.2 Å². The Morgan fingerprint density at radius 2 is 1.90 bits per heavy atom. The molecule has 1 saturated heterocycles. The Hall–Kier alpha value is -0.880. The summed E-state index contributed by atoms with van der Waals surface area (Å²) in [5.41, 5.74) is 0. The van der Waals surface area contributed by atoms with Crippen molar-refractivity contribution in [3.8, 4) is 0 Å². The number of amides is 2. The molecule has 0 spiro atoms. The normalized spacial score (nSPS) is 29.7. The third-order valence-electron chi connectivity index (χ3n) is 4.57. The van der Waals surface area contributed by atoms with E-state index in [2.05, 4.69) is 21.2 Å². The second-order valence-corrected chi connectivity index (χ2v) is 8.83. The maximum Gasteiger partial charge on any atom is 0.246 e. The van der Waals surface area contributed by atoms with Crippen LogP contribution in [-0.2, 0) is 16.1 Å². The van der Waals surface area contributed by atoms with E-state index in [4.69, 9.17) is 0 Å². The monoisotopic (exact) mass is 368 g/mol. The highest BCUT2D eigenvalue weighted by molar-refractivity contribution is 9.11. The molecule has 2 saturated carbocycles. The average molecular weight is 369 g/mol. The van der Waals surface area contributed by atoms with Gasteiger partial charge >= 0.3 is 0 Å². The number of halogens is 1. The van der Waals surface area contributed by atoms with Gasteiger partial charge in [-0.1, -0.05) is 0 Å². The largest absolute Gasteiger partial charge is 0.342 e. The Labute approximate surface area is 136 Å². The van der Waals surface area contributed by atoms with Crippen molar-refractivity contribution in [1.82, 2.24) is 10.2 Å². The summed E-state index contributed by atoms with van der Waals surface area (Å²) in [6, 6.07) is 3.49. The SMILES string of the molecule is O=C1NC(C2CC2)C(=O)N(Cc2ccc(Br)s2)C1C1CC1. The molecule has 21 heavy (non-hydrogen) atoms. The molecule has 0 radical (unpaired) electrons. The Kier molecular flexibility index (Phi) is 3.34. The first-order valence-corrected chi connectivity index (χ1v) is 9.09. The van der Waals surface area contributed by atoms with Crippen LogP contribution in [0.25, 0.3) is 0 Å². The van der Waals surface area contributed by atoms with E-state index in [9.17, 15) is 9.59 Å². The number of hydrogen-bond donors (Lipinski definition) is 1. The van der Waals surface area contributed by atoms with Crippen LogP contribution in [-0.4, -0.2) is 28.8 Å². The van der Waals surface area contributed by atoms with E-state index < -0.39 is 0 Å². The summed E-state index contributed by atoms with van der Waals surface area (Å²) < 4.78 is 1.06. The van der Waals surface area contributed by atoms with E-state index in [-0.39, 0.29) is 23.9 Å². The van der Waals surface area contributed by atoms with E-state index in [1.165, 1.54) is 0 Å². The minimum absolute atomic E-state index is 0.0598. The molecule has 2 amide bonds. The summed E-state index contributed by atoms with van der Waals surface area (Å²) in [5, 5.41) is 2.98. The number of nitrogens with zero attached hydrogens (tertiary/aromatic N) is 1. The molecule has 4 nitrogen and oxygen atoms in total. The van der Waals surface area contributed by atoms with Gasteiger partial charge in [0.15, 0.2) is 0 Å². The zero-order valence-electron chi connectivity index (χ0n) is 11.5. The lowest BCUT2D eigenvalue weighted by atomic mass is 10.0. The fourth-order valence-corrected chi connectivity index (χ4v) is 4.65. The summed E-state index contributed by atoms with van der Waals surface area (Å²) in [6.45, 7) is 0.562. The molecule has 0 bridgehead atoms. The number of rotatable bonds is 4. The lowest BCUT2D eigenvalue weighted by Gasteiger charge is -2.39. The van der Waals surface area contributed by atoms with Crippen molar-refractivity contribution in [3.63, 3.8) is 0 Å². The van der Waals surface area contributed by atoms with Crippen molar-refractivity contribution in [2.45, 2.75) is 44.3 Å². The predicted molar refractivity (Wildman–Crippen MR) is 83.7 cm³/mol. The Morgan fingerprint density at radius 3 is 2.48 bits per heavy atom. The summed E-state index contributed by atoms with van der Waals surface area (Å²) in [6.07, 6.45) is 4.24. The van der Waals surface area contributed by atoms with Gasteiger partial charge in [-0.3, -0.25) is 9.59 Å². The van der Waals surface area contributed by atoms with Crippen molar-refractivity contribution in [2.75, 3.05) is 0 Å². The van der Waals surface area contributed by atoms with Gasteiger partial charge in [-0.25, -0.2) is 0 Å². The molecule has 4 rings (SSSR count). The molecule has 6 heteroatoms. The maximum atomic E-state index is 12.8. The van der Waals surface area contributed by atoms with Crippen molar-refractivity contribution in [1.29, 1.82) is 0 Å². The van der Waals surface area contributed by atoms with E-state index >= 15 is 0 Å². The first kappa shape index (κ1) is 13.8. The molecular weight excluding hydrogens is 352 g/mol. The first-order valence-electron chi connectivity index (χ1n) is 7.48. The highest BCUT2D eigenvalue weighted by atomic mass is 79.9. The molecular formula is C15H17BrN2O2S. The standard InChI is InChI=1S/C15H17BrN2O2S/c16-11-6-5-10(21-11)7-18-13(9-3-4-9)14(19)17-12(15(18)20)8-1-2-8/h5-6,8-9,12-13H,1-4,7H2,(H,17,19). The second-order valence-electron chi connectivity index (χ2n) is 6.28. The lowest BCUT2D eigenvalue weighted by molar-refractivity contribution is -0.151. The minimum atomic E-state index is -0.282. The minimum Gasteiger partial charge on any atom is -0.342 e. The Bertz CT molecular complexity index is 594. The van der Waals surface area contributed by atoms with Gasteiger partial charge in [0.25, 0.3) is 0 Å². The fraction of sp³-hybridized carbons (Fsp3) is 0.600. The van der Waals surface area contributed by atoms with Crippen molar-refractivity contribution >= 4 is 39.1 Å². The molecule has 2 atom stereocenters. The molecule has 2 unspecified atom stereocenters. The first-order chi connectivity index (χ1) is 10.1.